The van der Waals surface area contributed by atoms with Gasteiger partial charge in [-0.25, -0.2) is 26.4 Å². The summed E-state index contributed by atoms with van der Waals surface area (Å²) in [6.45, 7) is 2.72. The van der Waals surface area contributed by atoms with Gasteiger partial charge in [-0.3, -0.25) is 14.3 Å². The highest BCUT2D eigenvalue weighted by Gasteiger charge is 2.42. The zero-order valence-corrected chi connectivity index (χ0v) is 22.6. The Morgan fingerprint density at radius 2 is 1.53 bits per heavy atom. The Kier molecular flexibility index (Phi) is 8.90. The van der Waals surface area contributed by atoms with Gasteiger partial charge in [0.1, 0.15) is 11.4 Å². The number of carboxylic acid groups (broad SMARTS) is 2. The van der Waals surface area contributed by atoms with Crippen LogP contribution in [0.2, 0.25) is 0 Å². The van der Waals surface area contributed by atoms with E-state index in [2.05, 4.69) is 14.3 Å². The molecule has 4 rings (SSSR count). The summed E-state index contributed by atoms with van der Waals surface area (Å²) >= 11 is 0. The Labute approximate surface area is 221 Å². The molecule has 1 saturated heterocycles. The van der Waals surface area contributed by atoms with E-state index in [1.807, 2.05) is 24.3 Å². The van der Waals surface area contributed by atoms with Gasteiger partial charge < -0.3 is 14.9 Å². The molecule has 2 aliphatic rings. The van der Waals surface area contributed by atoms with Crippen LogP contribution in [-0.2, 0) is 42.5 Å². The maximum Gasteiger partial charge on any atom is 0.414 e. The minimum atomic E-state index is -3.32. The van der Waals surface area contributed by atoms with E-state index in [-0.39, 0.29) is 5.60 Å². The maximum absolute atomic E-state index is 11.5. The third-order valence-electron chi connectivity index (χ3n) is 5.98. The van der Waals surface area contributed by atoms with Gasteiger partial charge in [-0.1, -0.05) is 12.1 Å². The third kappa shape index (κ3) is 8.89. The topological polar surface area (TPSA) is 179 Å². The summed E-state index contributed by atoms with van der Waals surface area (Å²) in [4.78, 5) is 20.6. The molecule has 0 bridgehead atoms. The number of piperidine rings is 1. The quantitative estimate of drug-likeness (QED) is 0.358. The average Bonchev–Trinajstić information content (AvgIpc) is 3.13. The first kappa shape index (κ1) is 29.2. The predicted molar refractivity (Wildman–Crippen MR) is 142 cm³/mol. The van der Waals surface area contributed by atoms with Crippen LogP contribution in [0.5, 0.6) is 5.75 Å². The van der Waals surface area contributed by atoms with Crippen LogP contribution in [-0.4, -0.2) is 81.6 Å². The molecule has 2 aromatic carbocycles. The summed E-state index contributed by atoms with van der Waals surface area (Å²) < 4.78 is 57.1. The molecule has 1 spiro atoms. The SMILES string of the molecule is CS(=O)(=O)Nc1ccc(CCN2CCCC3(Cc4cc(NS(C)(=O)=O)ccc4O3)C2)cc1.O=C(O)C(=O)O. The molecule has 1 fully saturated rings. The summed E-state index contributed by atoms with van der Waals surface area (Å²) in [7, 11) is -6.59. The largest absolute Gasteiger partial charge is 0.485 e. The van der Waals surface area contributed by atoms with E-state index in [0.29, 0.717) is 11.4 Å². The van der Waals surface area contributed by atoms with Crippen LogP contribution >= 0.6 is 0 Å². The molecule has 1 unspecified atom stereocenters. The van der Waals surface area contributed by atoms with Gasteiger partial charge in [0, 0.05) is 36.4 Å². The molecule has 38 heavy (non-hydrogen) atoms. The predicted octanol–water partition coefficient (Wildman–Crippen LogP) is 1.60. The maximum atomic E-state index is 11.5. The van der Waals surface area contributed by atoms with Crippen molar-refractivity contribution >= 4 is 43.4 Å². The molecular formula is C24H31N3O9S2. The summed E-state index contributed by atoms with van der Waals surface area (Å²) in [6, 6.07) is 12.9. The Morgan fingerprint density at radius 3 is 2.11 bits per heavy atom. The van der Waals surface area contributed by atoms with E-state index in [9.17, 15) is 16.8 Å². The number of carboxylic acids is 2. The van der Waals surface area contributed by atoms with Crippen molar-refractivity contribution in [1.82, 2.24) is 4.90 Å². The van der Waals surface area contributed by atoms with Gasteiger partial charge in [0.25, 0.3) is 0 Å². The zero-order chi connectivity index (χ0) is 28.1. The Morgan fingerprint density at radius 1 is 0.947 bits per heavy atom. The highest BCUT2D eigenvalue weighted by molar-refractivity contribution is 7.92. The van der Waals surface area contributed by atoms with E-state index in [4.69, 9.17) is 24.5 Å². The first-order chi connectivity index (χ1) is 17.6. The summed E-state index contributed by atoms with van der Waals surface area (Å²) in [5.41, 5.74) is 3.04. The molecule has 0 saturated carbocycles. The molecule has 2 aromatic rings. The number of ether oxygens (including phenoxy) is 1. The smallest absolute Gasteiger partial charge is 0.414 e. The molecule has 0 radical (unpaired) electrons. The van der Waals surface area contributed by atoms with Crippen LogP contribution in [0.15, 0.2) is 42.5 Å². The molecule has 2 heterocycles. The molecule has 4 N–H and O–H groups in total. The highest BCUT2D eigenvalue weighted by atomic mass is 32.2. The molecular weight excluding hydrogens is 538 g/mol. The van der Waals surface area contributed by atoms with Gasteiger partial charge in [0.15, 0.2) is 0 Å². The number of aliphatic carboxylic acids is 2. The fourth-order valence-electron chi connectivity index (χ4n) is 4.56. The number of nitrogens with zero attached hydrogens (tertiary/aromatic N) is 1. The number of fused-ring (bicyclic) bond motifs is 1. The molecule has 2 aliphatic heterocycles. The van der Waals surface area contributed by atoms with Gasteiger partial charge in [-0.15, -0.1) is 0 Å². The van der Waals surface area contributed by atoms with Crippen molar-refractivity contribution < 1.29 is 41.4 Å². The minimum absolute atomic E-state index is 0.270. The number of nitrogens with one attached hydrogen (secondary N) is 2. The van der Waals surface area contributed by atoms with Gasteiger partial charge in [-0.2, -0.15) is 0 Å². The number of likely N-dealkylation sites (tertiary alicyclic amines) is 1. The van der Waals surface area contributed by atoms with Crippen molar-refractivity contribution in [2.45, 2.75) is 31.3 Å². The fourth-order valence-corrected chi connectivity index (χ4v) is 5.68. The Balaban J connectivity index is 0.000000599. The van der Waals surface area contributed by atoms with Crippen molar-refractivity contribution in [1.29, 1.82) is 0 Å². The number of sulfonamides is 2. The number of hydrogen-bond donors (Lipinski definition) is 4. The second-order valence-electron chi connectivity index (χ2n) is 9.47. The summed E-state index contributed by atoms with van der Waals surface area (Å²) in [6.07, 6.45) is 5.93. The van der Waals surface area contributed by atoms with Crippen LogP contribution < -0.4 is 14.2 Å². The number of hydrogen-bond acceptors (Lipinski definition) is 8. The molecule has 0 aliphatic carbocycles. The molecule has 208 valence electrons. The average molecular weight is 570 g/mol. The van der Waals surface area contributed by atoms with Crippen LogP contribution in [0.25, 0.3) is 0 Å². The van der Waals surface area contributed by atoms with Crippen molar-refractivity contribution in [3.05, 3.63) is 53.6 Å². The Bertz CT molecular complexity index is 1380. The van der Waals surface area contributed by atoms with Crippen LogP contribution in [0.3, 0.4) is 0 Å². The van der Waals surface area contributed by atoms with E-state index in [1.54, 1.807) is 18.2 Å². The van der Waals surface area contributed by atoms with Crippen molar-refractivity contribution in [2.24, 2.45) is 0 Å². The van der Waals surface area contributed by atoms with Crippen LogP contribution in [0.4, 0.5) is 11.4 Å². The number of benzene rings is 2. The number of anilines is 2. The lowest BCUT2D eigenvalue weighted by Crippen LogP contribution is -2.51. The monoisotopic (exact) mass is 569 g/mol. The normalized spacial score (nSPS) is 19.0. The van der Waals surface area contributed by atoms with E-state index in [1.165, 1.54) is 0 Å². The molecule has 12 nitrogen and oxygen atoms in total. The van der Waals surface area contributed by atoms with Gasteiger partial charge >= 0.3 is 11.9 Å². The standard InChI is InChI=1S/C22H29N3O5S2.C2H2O4/c1-31(26,27)23-19-6-4-17(5-7-19)10-13-25-12-3-11-22(16-25)15-18-14-20(24-32(2,28)29)8-9-21(18)30-22;3-1(4)2(5)6/h4-9,14,23-24H,3,10-13,15-16H2,1-2H3;(H,3,4)(H,5,6). The van der Waals surface area contributed by atoms with Crippen LogP contribution in [0.1, 0.15) is 24.0 Å². The van der Waals surface area contributed by atoms with Gasteiger partial charge in [0.05, 0.1) is 12.5 Å². The lowest BCUT2D eigenvalue weighted by molar-refractivity contribution is -0.159. The minimum Gasteiger partial charge on any atom is -0.485 e. The summed E-state index contributed by atoms with van der Waals surface area (Å²) in [5, 5.41) is 14.8. The molecule has 14 heteroatoms. The second-order valence-corrected chi connectivity index (χ2v) is 13.0. The van der Waals surface area contributed by atoms with Gasteiger partial charge in [-0.05, 0) is 61.7 Å². The third-order valence-corrected chi connectivity index (χ3v) is 7.19. The zero-order valence-electron chi connectivity index (χ0n) is 21.0. The highest BCUT2D eigenvalue weighted by Crippen LogP contribution is 2.41. The van der Waals surface area contributed by atoms with Crippen LogP contribution in [0, 0.1) is 0 Å². The molecule has 0 aromatic heterocycles. The van der Waals surface area contributed by atoms with E-state index in [0.717, 1.165) is 74.7 Å². The fraction of sp³-hybridized carbons (Fsp3) is 0.417. The van der Waals surface area contributed by atoms with Crippen molar-refractivity contribution in [2.75, 3.05) is 41.6 Å². The first-order valence-electron chi connectivity index (χ1n) is 11.7. The van der Waals surface area contributed by atoms with Gasteiger partial charge in [0.2, 0.25) is 20.0 Å². The molecule has 1 atom stereocenters. The number of carbonyl (C=O) groups is 2. The Hall–Kier alpha value is -3.36. The van der Waals surface area contributed by atoms with Crippen molar-refractivity contribution in [3.8, 4) is 5.75 Å². The first-order valence-corrected chi connectivity index (χ1v) is 15.5. The lowest BCUT2D eigenvalue weighted by atomic mass is 9.88. The second kappa shape index (κ2) is 11.6. The number of rotatable bonds is 7. The molecule has 0 amide bonds. The summed E-state index contributed by atoms with van der Waals surface area (Å²) in [5.74, 6) is -2.81. The van der Waals surface area contributed by atoms with Crippen molar-refractivity contribution in [3.63, 3.8) is 0 Å². The van der Waals surface area contributed by atoms with E-state index < -0.39 is 32.0 Å². The lowest BCUT2D eigenvalue weighted by Gasteiger charge is -2.39. The van der Waals surface area contributed by atoms with E-state index >= 15 is 0 Å².